The maximum absolute atomic E-state index is 13.0. The number of anilines is 3. The van der Waals surface area contributed by atoms with Gasteiger partial charge in [0, 0.05) is 42.4 Å². The van der Waals surface area contributed by atoms with Crippen molar-refractivity contribution in [2.24, 2.45) is 5.92 Å². The van der Waals surface area contributed by atoms with Crippen LogP contribution in [0, 0.1) is 19.8 Å². The van der Waals surface area contributed by atoms with Gasteiger partial charge in [0.05, 0.1) is 28.6 Å². The van der Waals surface area contributed by atoms with Gasteiger partial charge in [0.1, 0.15) is 28.4 Å². The molecule has 2 aliphatic rings. The molecule has 4 heterocycles. The van der Waals surface area contributed by atoms with Crippen molar-refractivity contribution in [2.75, 3.05) is 30.6 Å². The van der Waals surface area contributed by atoms with Gasteiger partial charge in [-0.2, -0.15) is 0 Å². The fourth-order valence-corrected chi connectivity index (χ4v) is 6.98. The van der Waals surface area contributed by atoms with E-state index in [2.05, 4.69) is 15.6 Å². The Morgan fingerprint density at radius 3 is 2.62 bits per heavy atom. The number of nitrogens with one attached hydrogen (secondary N) is 2. The monoisotopic (exact) mass is 610 g/mol. The Morgan fingerprint density at radius 2 is 1.93 bits per heavy atom. The van der Waals surface area contributed by atoms with E-state index in [0.29, 0.717) is 52.1 Å². The molecule has 11 nitrogen and oxygen atoms in total. The fraction of sp³-hybridized carbons (Fsp3) is 0.448. The summed E-state index contributed by atoms with van der Waals surface area (Å²) in [6.07, 6.45) is 5.56. The summed E-state index contributed by atoms with van der Waals surface area (Å²) in [7, 11) is -2.03. The molecule has 13 heteroatoms. The zero-order chi connectivity index (χ0) is 29.6. The van der Waals surface area contributed by atoms with Crippen molar-refractivity contribution in [3.8, 4) is 10.6 Å². The Balaban J connectivity index is 1.44. The van der Waals surface area contributed by atoms with Crippen LogP contribution in [-0.2, 0) is 30.7 Å². The summed E-state index contributed by atoms with van der Waals surface area (Å²) in [5.41, 5.74) is 3.58. The van der Waals surface area contributed by atoms with Crippen molar-refractivity contribution in [1.82, 2.24) is 19.5 Å². The predicted octanol–water partition coefficient (Wildman–Crippen LogP) is 5.51. The van der Waals surface area contributed by atoms with Crippen molar-refractivity contribution in [3.05, 3.63) is 40.7 Å². The van der Waals surface area contributed by atoms with Gasteiger partial charge in [0.2, 0.25) is 5.91 Å². The number of nitrogens with zero attached hydrogens (tertiary/aromatic N) is 4. The van der Waals surface area contributed by atoms with Gasteiger partial charge in [-0.25, -0.2) is 23.4 Å². The Bertz CT molecular complexity index is 1770. The minimum Gasteiger partial charge on any atom is -0.378 e. The van der Waals surface area contributed by atoms with E-state index in [1.165, 1.54) is 17.6 Å². The zero-order valence-corrected chi connectivity index (χ0v) is 25.7. The van der Waals surface area contributed by atoms with Crippen LogP contribution in [0.3, 0.4) is 0 Å². The molecule has 0 spiro atoms. The maximum atomic E-state index is 13.0. The van der Waals surface area contributed by atoms with Crippen LogP contribution in [0.15, 0.2) is 29.2 Å². The summed E-state index contributed by atoms with van der Waals surface area (Å²) in [6.45, 7) is 4.91. The molecular weight excluding hydrogens is 576 g/mol. The molecule has 1 amide bonds. The number of benzene rings is 1. The van der Waals surface area contributed by atoms with Crippen LogP contribution >= 0.6 is 11.3 Å². The van der Waals surface area contributed by atoms with Crippen LogP contribution in [0.1, 0.15) is 54.7 Å². The predicted molar refractivity (Wildman–Crippen MR) is 162 cm³/mol. The summed E-state index contributed by atoms with van der Waals surface area (Å²) in [6, 6.07) is 6.93. The van der Waals surface area contributed by atoms with Crippen molar-refractivity contribution in [2.45, 2.75) is 63.7 Å². The number of carbonyl (C=O) groups excluding carboxylic acids is 1. The van der Waals surface area contributed by atoms with E-state index in [4.69, 9.17) is 19.4 Å². The number of ether oxygens (including phenoxy) is 2. The molecule has 1 aromatic carbocycles. The zero-order valence-electron chi connectivity index (χ0n) is 24.1. The summed E-state index contributed by atoms with van der Waals surface area (Å²) in [4.78, 5) is 28.1. The third-order valence-corrected chi connectivity index (χ3v) is 9.74. The van der Waals surface area contributed by atoms with E-state index < -0.39 is 9.84 Å². The van der Waals surface area contributed by atoms with Gasteiger partial charge in [-0.1, -0.05) is 0 Å². The van der Waals surface area contributed by atoms with Gasteiger partial charge in [-0.05, 0) is 64.2 Å². The van der Waals surface area contributed by atoms with Crippen LogP contribution in [0.4, 0.5) is 17.2 Å². The second kappa shape index (κ2) is 11.4. The molecule has 1 unspecified atom stereocenters. The first kappa shape index (κ1) is 28.7. The molecule has 42 heavy (non-hydrogen) atoms. The largest absolute Gasteiger partial charge is 0.378 e. The number of fused-ring (bicyclic) bond motifs is 1. The summed E-state index contributed by atoms with van der Waals surface area (Å²) >= 11 is 1.49. The highest BCUT2D eigenvalue weighted by Gasteiger charge is 2.31. The van der Waals surface area contributed by atoms with Gasteiger partial charge in [-0.15, -0.1) is 11.3 Å². The highest BCUT2D eigenvalue weighted by Crippen LogP contribution is 2.38. The van der Waals surface area contributed by atoms with Gasteiger partial charge >= 0.3 is 0 Å². The highest BCUT2D eigenvalue weighted by atomic mass is 32.2. The second-order valence-corrected chi connectivity index (χ2v) is 14.1. The molecule has 1 aliphatic carbocycles. The molecule has 1 atom stereocenters. The van der Waals surface area contributed by atoms with Gasteiger partial charge < -0.3 is 20.1 Å². The van der Waals surface area contributed by atoms with E-state index >= 15 is 0 Å². The van der Waals surface area contributed by atoms with E-state index in [9.17, 15) is 13.2 Å². The smallest absolute Gasteiger partial charge is 0.228 e. The standard InChI is InChI=1S/C29H34N6O5S2/c1-16-22(15-39-3)32-29(41-16)19-10-11-20(23(13-19)42(4,37)38)31-21-14-24(34-28(36)18-8-9-18)33-27-26(21)30-17(2)35(27)25-7-5-6-12-40-25/h10-11,13-14,18,25H,5-9,12,15H2,1-4H3,(H2,31,33,34,36). The highest BCUT2D eigenvalue weighted by molar-refractivity contribution is 7.90. The number of sulfone groups is 1. The third kappa shape index (κ3) is 5.78. The first-order valence-electron chi connectivity index (χ1n) is 14.0. The SMILES string of the molecule is COCc1nc(-c2ccc(Nc3cc(NC(=O)C4CC4)nc4c3nc(C)n4C3CCCCO3)c(S(C)(=O)=O)c2)sc1C. The van der Waals surface area contributed by atoms with Crippen LogP contribution in [-0.4, -0.2) is 53.8 Å². The van der Waals surface area contributed by atoms with Crippen molar-refractivity contribution in [1.29, 1.82) is 0 Å². The fourth-order valence-electron chi connectivity index (χ4n) is 5.21. The van der Waals surface area contributed by atoms with E-state index in [1.807, 2.05) is 24.5 Å². The summed E-state index contributed by atoms with van der Waals surface area (Å²) < 4.78 is 39.4. The lowest BCUT2D eigenvalue weighted by Crippen LogP contribution is -2.20. The minimum atomic E-state index is -3.64. The number of methoxy groups -OCH3 is 1. The number of imidazole rings is 1. The molecule has 1 saturated heterocycles. The molecule has 1 aliphatic heterocycles. The number of carbonyl (C=O) groups is 1. The number of thiazole rings is 1. The first-order chi connectivity index (χ1) is 20.1. The topological polar surface area (TPSA) is 137 Å². The minimum absolute atomic E-state index is 0.00415. The van der Waals surface area contributed by atoms with Gasteiger partial charge in [-0.3, -0.25) is 9.36 Å². The molecular formula is C29H34N6O5S2. The molecule has 222 valence electrons. The normalized spacial score (nSPS) is 17.5. The first-order valence-corrected chi connectivity index (χ1v) is 16.7. The maximum Gasteiger partial charge on any atom is 0.228 e. The number of aromatic nitrogens is 4. The number of rotatable bonds is 9. The average Bonchev–Trinajstić information content (AvgIpc) is 3.67. The summed E-state index contributed by atoms with van der Waals surface area (Å²) in [5, 5.41) is 6.98. The molecule has 2 N–H and O–H groups in total. The summed E-state index contributed by atoms with van der Waals surface area (Å²) in [5.74, 6) is 1.02. The lowest BCUT2D eigenvalue weighted by atomic mass is 10.2. The number of hydrogen-bond donors (Lipinski definition) is 2. The number of pyridine rings is 1. The lowest BCUT2D eigenvalue weighted by Gasteiger charge is -2.25. The second-order valence-electron chi connectivity index (χ2n) is 10.9. The quantitative estimate of drug-likeness (QED) is 0.251. The van der Waals surface area contributed by atoms with Crippen molar-refractivity contribution >= 4 is 55.4 Å². The van der Waals surface area contributed by atoms with Crippen LogP contribution in [0.5, 0.6) is 0 Å². The van der Waals surface area contributed by atoms with Crippen LogP contribution in [0.2, 0.25) is 0 Å². The molecule has 3 aromatic heterocycles. The molecule has 6 rings (SSSR count). The van der Waals surface area contributed by atoms with Gasteiger partial charge in [0.15, 0.2) is 15.5 Å². The number of aryl methyl sites for hydroxylation is 2. The molecule has 0 bridgehead atoms. The molecule has 0 radical (unpaired) electrons. The van der Waals surface area contributed by atoms with E-state index in [-0.39, 0.29) is 22.9 Å². The van der Waals surface area contributed by atoms with Crippen molar-refractivity contribution in [3.63, 3.8) is 0 Å². The van der Waals surface area contributed by atoms with Crippen LogP contribution in [0.25, 0.3) is 21.7 Å². The van der Waals surface area contributed by atoms with Gasteiger partial charge in [0.25, 0.3) is 0 Å². The lowest BCUT2D eigenvalue weighted by molar-refractivity contribution is -0.117. The molecule has 4 aromatic rings. The van der Waals surface area contributed by atoms with Crippen molar-refractivity contribution < 1.29 is 22.7 Å². The Kier molecular flexibility index (Phi) is 7.77. The Labute approximate surface area is 248 Å². The number of hydrogen-bond acceptors (Lipinski definition) is 10. The molecule has 1 saturated carbocycles. The number of amides is 1. The average molecular weight is 611 g/mol. The Hall–Kier alpha value is -3.39. The van der Waals surface area contributed by atoms with Crippen LogP contribution < -0.4 is 10.6 Å². The molecule has 2 fully saturated rings. The van der Waals surface area contributed by atoms with E-state index in [1.54, 1.807) is 25.3 Å². The van der Waals surface area contributed by atoms with E-state index in [0.717, 1.165) is 48.5 Å². The third-order valence-electron chi connectivity index (χ3n) is 7.54. The Morgan fingerprint density at radius 1 is 1.12 bits per heavy atom.